The van der Waals surface area contributed by atoms with Gasteiger partial charge in [0.25, 0.3) is 0 Å². The number of hydrogen-bond donors (Lipinski definition) is 0. The van der Waals surface area contributed by atoms with Gasteiger partial charge in [-0.1, -0.05) is 30.3 Å². The summed E-state index contributed by atoms with van der Waals surface area (Å²) >= 11 is 0. The van der Waals surface area contributed by atoms with Gasteiger partial charge in [-0.05, 0) is 50.6 Å². The summed E-state index contributed by atoms with van der Waals surface area (Å²) in [6.45, 7) is 8.13. The lowest BCUT2D eigenvalue weighted by Gasteiger charge is -2.25. The van der Waals surface area contributed by atoms with E-state index in [9.17, 15) is 9.59 Å². The summed E-state index contributed by atoms with van der Waals surface area (Å²) in [5.74, 6) is 0.588. The van der Waals surface area contributed by atoms with Gasteiger partial charge in [0.05, 0.1) is 18.7 Å². The van der Waals surface area contributed by atoms with E-state index in [0.717, 1.165) is 16.5 Å². The molecule has 2 heterocycles. The molecule has 178 valence electrons. The van der Waals surface area contributed by atoms with Gasteiger partial charge < -0.3 is 19.1 Å². The molecular weight excluding hydrogens is 432 g/mol. The fourth-order valence-corrected chi connectivity index (χ4v) is 3.71. The molecular formula is C27H30N2O5. The summed E-state index contributed by atoms with van der Waals surface area (Å²) in [7, 11) is 0. The molecule has 3 aromatic rings. The molecule has 1 aromatic heterocycles. The van der Waals surface area contributed by atoms with Crippen molar-refractivity contribution in [3.05, 3.63) is 71.9 Å². The number of hydrogen-bond acceptors (Lipinski definition) is 5. The summed E-state index contributed by atoms with van der Waals surface area (Å²) in [6, 6.07) is 15.5. The Labute approximate surface area is 199 Å². The lowest BCUT2D eigenvalue weighted by molar-refractivity contribution is -0.129. The van der Waals surface area contributed by atoms with Crippen molar-refractivity contribution in [2.45, 2.75) is 33.0 Å². The second kappa shape index (κ2) is 10.1. The van der Waals surface area contributed by atoms with Crippen LogP contribution in [0.15, 0.2) is 60.8 Å². The Morgan fingerprint density at radius 2 is 1.79 bits per heavy atom. The molecule has 0 unspecified atom stereocenters. The zero-order valence-corrected chi connectivity index (χ0v) is 19.8. The van der Waals surface area contributed by atoms with Gasteiger partial charge in [0.1, 0.15) is 18.0 Å². The first-order chi connectivity index (χ1) is 16.3. The lowest BCUT2D eigenvalue weighted by atomic mass is 10.1. The first kappa shape index (κ1) is 23.6. The molecule has 0 saturated carbocycles. The Kier molecular flexibility index (Phi) is 7.03. The first-order valence-electron chi connectivity index (χ1n) is 11.4. The summed E-state index contributed by atoms with van der Waals surface area (Å²) in [6.07, 6.45) is 4.50. The van der Waals surface area contributed by atoms with Gasteiger partial charge in [-0.15, -0.1) is 0 Å². The van der Waals surface area contributed by atoms with Gasteiger partial charge in [-0.2, -0.15) is 0 Å². The van der Waals surface area contributed by atoms with Crippen LogP contribution in [-0.2, 0) is 20.9 Å². The number of carbonyl (C=O) groups is 2. The van der Waals surface area contributed by atoms with Crippen LogP contribution < -0.4 is 4.74 Å². The zero-order valence-electron chi connectivity index (χ0n) is 19.8. The molecule has 0 spiro atoms. The maximum atomic E-state index is 12.9. The van der Waals surface area contributed by atoms with Crippen LogP contribution in [0.5, 0.6) is 5.75 Å². The van der Waals surface area contributed by atoms with Crippen LogP contribution in [0.25, 0.3) is 17.0 Å². The van der Waals surface area contributed by atoms with Crippen LogP contribution >= 0.6 is 0 Å². The molecule has 0 atom stereocenters. The fourth-order valence-electron chi connectivity index (χ4n) is 3.71. The molecule has 1 aliphatic heterocycles. The largest absolute Gasteiger partial charge is 0.489 e. The van der Waals surface area contributed by atoms with Crippen LogP contribution in [-0.4, -0.2) is 53.4 Å². The molecule has 0 N–H and O–H groups in total. The van der Waals surface area contributed by atoms with E-state index in [1.54, 1.807) is 17.2 Å². The van der Waals surface area contributed by atoms with Crippen LogP contribution in [0.3, 0.4) is 0 Å². The van der Waals surface area contributed by atoms with Gasteiger partial charge in [-0.25, -0.2) is 4.79 Å². The van der Waals surface area contributed by atoms with Gasteiger partial charge in [0, 0.05) is 36.3 Å². The van der Waals surface area contributed by atoms with Crippen molar-refractivity contribution in [2.75, 3.05) is 26.3 Å². The molecule has 0 aliphatic carbocycles. The number of rotatable bonds is 5. The molecule has 7 nitrogen and oxygen atoms in total. The highest BCUT2D eigenvalue weighted by molar-refractivity contribution is 5.99. The topological polar surface area (TPSA) is 70.0 Å². The molecule has 0 radical (unpaired) electrons. The van der Waals surface area contributed by atoms with Gasteiger partial charge >= 0.3 is 6.09 Å². The Morgan fingerprint density at radius 3 is 2.50 bits per heavy atom. The number of fused-ring (bicyclic) bond motifs is 1. The minimum absolute atomic E-state index is 0.0852. The molecule has 4 rings (SSSR count). The number of benzene rings is 2. The third-order valence-corrected chi connectivity index (χ3v) is 5.37. The van der Waals surface area contributed by atoms with Crippen LogP contribution in [0.1, 0.15) is 31.9 Å². The maximum absolute atomic E-state index is 12.9. The monoisotopic (exact) mass is 462 g/mol. The van der Waals surface area contributed by atoms with E-state index in [4.69, 9.17) is 14.2 Å². The van der Waals surface area contributed by atoms with E-state index in [0.29, 0.717) is 44.2 Å². The molecule has 2 aromatic carbocycles. The van der Waals surface area contributed by atoms with Crippen LogP contribution in [0, 0.1) is 0 Å². The number of nitrogens with zero attached hydrogens (tertiary/aromatic N) is 2. The number of carbonyl (C=O) groups excluding carboxylic acids is 2. The van der Waals surface area contributed by atoms with E-state index in [1.807, 2.05) is 69.3 Å². The smallest absolute Gasteiger partial charge is 0.419 e. The Balaban J connectivity index is 1.64. The Morgan fingerprint density at radius 1 is 1.06 bits per heavy atom. The summed E-state index contributed by atoms with van der Waals surface area (Å²) in [5, 5.41) is 0.794. The highest BCUT2D eigenvalue weighted by Crippen LogP contribution is 2.28. The first-order valence-corrected chi connectivity index (χ1v) is 11.4. The highest BCUT2D eigenvalue weighted by atomic mass is 16.6. The van der Waals surface area contributed by atoms with Crippen molar-refractivity contribution < 1.29 is 23.8 Å². The van der Waals surface area contributed by atoms with E-state index >= 15 is 0 Å². The minimum Gasteiger partial charge on any atom is -0.489 e. The van der Waals surface area contributed by atoms with Gasteiger partial charge in [0.2, 0.25) is 5.91 Å². The quantitative estimate of drug-likeness (QED) is 0.506. The molecule has 7 heteroatoms. The molecule has 1 saturated heterocycles. The fraction of sp³-hybridized carbons (Fsp3) is 0.333. The van der Waals surface area contributed by atoms with Gasteiger partial charge in [-0.3, -0.25) is 9.36 Å². The van der Waals surface area contributed by atoms with Crippen molar-refractivity contribution in [1.82, 2.24) is 9.47 Å². The van der Waals surface area contributed by atoms with Crippen molar-refractivity contribution in [3.63, 3.8) is 0 Å². The minimum atomic E-state index is -0.630. The number of aromatic nitrogens is 1. The predicted octanol–water partition coefficient (Wildman–Crippen LogP) is 4.88. The van der Waals surface area contributed by atoms with Gasteiger partial charge in [0.15, 0.2) is 0 Å². The summed E-state index contributed by atoms with van der Waals surface area (Å²) in [5.41, 5.74) is 1.84. The van der Waals surface area contributed by atoms with Crippen molar-refractivity contribution in [3.8, 4) is 5.75 Å². The van der Waals surface area contributed by atoms with E-state index in [-0.39, 0.29) is 5.91 Å². The number of amides is 1. The van der Waals surface area contributed by atoms with E-state index < -0.39 is 11.7 Å². The number of ether oxygens (including phenoxy) is 3. The zero-order chi connectivity index (χ0) is 24.1. The average molecular weight is 463 g/mol. The standard InChI is InChI=1S/C27H30N2O5/c1-27(2,3)34-26(31)29-18-21(9-12-25(30)28-13-15-32-16-14-28)23-17-22(10-11-24(23)29)33-19-20-7-5-4-6-8-20/h4-12,17-18H,13-16,19H2,1-3H3/b12-9+. The third kappa shape index (κ3) is 5.85. The van der Waals surface area contributed by atoms with Crippen LogP contribution in [0.2, 0.25) is 0 Å². The SMILES string of the molecule is CC(C)(C)OC(=O)n1cc(/C=C/C(=O)N2CCOCC2)c2cc(OCc3ccccc3)ccc21. The van der Waals surface area contributed by atoms with Crippen molar-refractivity contribution >= 4 is 29.0 Å². The van der Waals surface area contributed by atoms with Crippen molar-refractivity contribution in [2.24, 2.45) is 0 Å². The molecule has 0 bridgehead atoms. The molecule has 1 aliphatic rings. The predicted molar refractivity (Wildman–Crippen MR) is 131 cm³/mol. The second-order valence-corrected chi connectivity index (χ2v) is 9.16. The second-order valence-electron chi connectivity index (χ2n) is 9.16. The third-order valence-electron chi connectivity index (χ3n) is 5.37. The normalized spacial score (nSPS) is 14.5. The molecule has 1 amide bonds. The average Bonchev–Trinajstić information content (AvgIpc) is 3.19. The van der Waals surface area contributed by atoms with Crippen LogP contribution in [0.4, 0.5) is 4.79 Å². The number of morpholine rings is 1. The summed E-state index contributed by atoms with van der Waals surface area (Å²) in [4.78, 5) is 27.2. The van der Waals surface area contributed by atoms with E-state index in [2.05, 4.69) is 0 Å². The Hall–Kier alpha value is -3.58. The van der Waals surface area contributed by atoms with Crippen molar-refractivity contribution in [1.29, 1.82) is 0 Å². The molecule has 34 heavy (non-hydrogen) atoms. The summed E-state index contributed by atoms with van der Waals surface area (Å²) < 4.78 is 18.4. The van der Waals surface area contributed by atoms with E-state index in [1.165, 1.54) is 10.6 Å². The molecule has 1 fully saturated rings. The lowest BCUT2D eigenvalue weighted by Crippen LogP contribution is -2.39. The Bertz CT molecular complexity index is 1180. The highest BCUT2D eigenvalue weighted by Gasteiger charge is 2.21. The maximum Gasteiger partial charge on any atom is 0.419 e.